The van der Waals surface area contributed by atoms with E-state index < -0.39 is 0 Å². The van der Waals surface area contributed by atoms with Gasteiger partial charge in [-0.1, -0.05) is 36.4 Å². The highest BCUT2D eigenvalue weighted by Gasteiger charge is 2.08. The zero-order chi connectivity index (χ0) is 17.8. The molecule has 26 heavy (non-hydrogen) atoms. The summed E-state index contributed by atoms with van der Waals surface area (Å²) in [5, 5.41) is 5.20. The molecule has 5 heteroatoms. The number of nitrogens with zero attached hydrogens (tertiary/aromatic N) is 2. The first kappa shape index (κ1) is 16.7. The third-order valence-electron chi connectivity index (χ3n) is 4.30. The minimum absolute atomic E-state index is 0.0347. The molecule has 0 radical (unpaired) electrons. The predicted octanol–water partition coefficient (Wildman–Crippen LogP) is 4.14. The lowest BCUT2D eigenvalue weighted by Crippen LogP contribution is -2.26. The number of thiazole rings is 1. The van der Waals surface area contributed by atoms with Gasteiger partial charge in [-0.15, -0.1) is 11.3 Å². The summed E-state index contributed by atoms with van der Waals surface area (Å²) in [6, 6.07) is 18.1. The van der Waals surface area contributed by atoms with E-state index in [1.54, 1.807) is 17.5 Å². The van der Waals surface area contributed by atoms with Crippen molar-refractivity contribution in [2.45, 2.75) is 19.3 Å². The smallest absolute Gasteiger partial charge is 0.224 e. The molecule has 0 saturated carbocycles. The second kappa shape index (κ2) is 7.62. The number of para-hydroxylation sites is 2. The molecular weight excluding hydrogens is 342 g/mol. The Balaban J connectivity index is 1.30. The lowest BCUT2D eigenvalue weighted by Gasteiger charge is -2.07. The molecule has 130 valence electrons. The van der Waals surface area contributed by atoms with Crippen molar-refractivity contribution in [2.24, 2.45) is 0 Å². The molecule has 0 aliphatic heterocycles. The fourth-order valence-electron chi connectivity index (χ4n) is 3.04. The maximum absolute atomic E-state index is 12.3. The van der Waals surface area contributed by atoms with E-state index >= 15 is 0 Å². The molecule has 0 aliphatic rings. The molecule has 0 atom stereocenters. The number of fused-ring (bicyclic) bond motifs is 2. The number of hydrogen-bond donors (Lipinski definition) is 1. The summed E-state index contributed by atoms with van der Waals surface area (Å²) >= 11 is 1.73. The quantitative estimate of drug-likeness (QED) is 0.525. The molecule has 4 rings (SSSR count). The van der Waals surface area contributed by atoms with Crippen LogP contribution in [0.2, 0.25) is 0 Å². The number of aryl methyl sites for hydroxylation is 1. The molecule has 1 amide bonds. The largest absolute Gasteiger partial charge is 0.356 e. The minimum atomic E-state index is 0.0347. The highest BCUT2D eigenvalue weighted by Crippen LogP contribution is 2.22. The number of hydrogen-bond acceptors (Lipinski definition) is 4. The summed E-state index contributed by atoms with van der Waals surface area (Å²) in [5.41, 5.74) is 2.92. The second-order valence-corrected chi connectivity index (χ2v) is 7.31. The molecule has 0 aliphatic carbocycles. The molecule has 0 fully saturated rings. The summed E-state index contributed by atoms with van der Waals surface area (Å²) in [5.74, 6) is 0.0347. The van der Waals surface area contributed by atoms with E-state index in [0.717, 1.165) is 39.8 Å². The van der Waals surface area contributed by atoms with Crippen LogP contribution in [0.25, 0.3) is 21.1 Å². The Bertz CT molecular complexity index is 1020. The molecule has 4 nitrogen and oxygen atoms in total. The van der Waals surface area contributed by atoms with Crippen LogP contribution in [0.5, 0.6) is 0 Å². The Labute approximate surface area is 155 Å². The number of carbonyl (C=O) groups excluding carboxylic acids is 1. The van der Waals surface area contributed by atoms with Crippen molar-refractivity contribution < 1.29 is 4.79 Å². The SMILES string of the molecule is O=C(Cc1cccc2cccnc12)NCCCc1nc2ccccc2s1. The van der Waals surface area contributed by atoms with Gasteiger partial charge in [0.1, 0.15) is 0 Å². The van der Waals surface area contributed by atoms with Gasteiger partial charge in [0.25, 0.3) is 0 Å². The number of benzene rings is 2. The van der Waals surface area contributed by atoms with Gasteiger partial charge in [-0.25, -0.2) is 4.98 Å². The van der Waals surface area contributed by atoms with Crippen LogP contribution in [-0.2, 0) is 17.6 Å². The first-order chi connectivity index (χ1) is 12.8. The van der Waals surface area contributed by atoms with E-state index in [2.05, 4.69) is 21.4 Å². The van der Waals surface area contributed by atoms with Crippen LogP contribution in [0.3, 0.4) is 0 Å². The average molecular weight is 361 g/mol. The van der Waals surface area contributed by atoms with Gasteiger partial charge in [-0.2, -0.15) is 0 Å². The van der Waals surface area contributed by atoms with Gasteiger partial charge >= 0.3 is 0 Å². The van der Waals surface area contributed by atoms with Crippen LogP contribution in [0.15, 0.2) is 60.8 Å². The zero-order valence-electron chi connectivity index (χ0n) is 14.3. The van der Waals surface area contributed by atoms with Gasteiger partial charge in [0.05, 0.1) is 27.2 Å². The molecule has 2 heterocycles. The fourth-order valence-corrected chi connectivity index (χ4v) is 4.05. The number of nitrogens with one attached hydrogen (secondary N) is 1. The standard InChI is InChI=1S/C21H19N3OS/c25-19(14-16-7-3-6-15-8-4-13-23-21(15)16)22-12-5-11-20-24-17-9-1-2-10-18(17)26-20/h1-4,6-10,13H,5,11-12,14H2,(H,22,25). The van der Waals surface area contributed by atoms with Crippen molar-refractivity contribution in [1.82, 2.24) is 15.3 Å². The van der Waals surface area contributed by atoms with Crippen LogP contribution >= 0.6 is 11.3 Å². The number of aromatic nitrogens is 2. The first-order valence-corrected chi connectivity index (χ1v) is 9.55. The molecular formula is C21H19N3OS. The Hall–Kier alpha value is -2.79. The maximum Gasteiger partial charge on any atom is 0.224 e. The number of amides is 1. The molecule has 0 bridgehead atoms. The summed E-state index contributed by atoms with van der Waals surface area (Å²) < 4.78 is 1.22. The van der Waals surface area contributed by atoms with Gasteiger partial charge in [-0.05, 0) is 30.2 Å². The molecule has 2 aromatic heterocycles. The van der Waals surface area contributed by atoms with E-state index in [1.807, 2.05) is 48.5 Å². The van der Waals surface area contributed by atoms with E-state index in [-0.39, 0.29) is 5.91 Å². The summed E-state index contributed by atoms with van der Waals surface area (Å²) in [4.78, 5) is 21.3. The Morgan fingerprint density at radius 2 is 1.92 bits per heavy atom. The lowest BCUT2D eigenvalue weighted by molar-refractivity contribution is -0.120. The van der Waals surface area contributed by atoms with Crippen LogP contribution in [0.4, 0.5) is 0 Å². The molecule has 4 aromatic rings. The first-order valence-electron chi connectivity index (χ1n) is 8.73. The van der Waals surface area contributed by atoms with E-state index in [4.69, 9.17) is 0 Å². The molecule has 0 saturated heterocycles. The highest BCUT2D eigenvalue weighted by atomic mass is 32.1. The van der Waals surface area contributed by atoms with E-state index in [9.17, 15) is 4.79 Å². The Kier molecular flexibility index (Phi) is 4.88. The van der Waals surface area contributed by atoms with Crippen LogP contribution in [0.1, 0.15) is 17.0 Å². The van der Waals surface area contributed by atoms with Crippen molar-refractivity contribution in [3.05, 3.63) is 71.4 Å². The monoisotopic (exact) mass is 361 g/mol. The highest BCUT2D eigenvalue weighted by molar-refractivity contribution is 7.18. The van der Waals surface area contributed by atoms with Gasteiger partial charge in [0, 0.05) is 24.5 Å². The number of rotatable bonds is 6. The van der Waals surface area contributed by atoms with Gasteiger partial charge in [0.2, 0.25) is 5.91 Å². The zero-order valence-corrected chi connectivity index (χ0v) is 15.1. The fraction of sp³-hybridized carbons (Fsp3) is 0.190. The van der Waals surface area contributed by atoms with E-state index in [1.165, 1.54) is 4.70 Å². The van der Waals surface area contributed by atoms with Crippen LogP contribution < -0.4 is 5.32 Å². The van der Waals surface area contributed by atoms with Crippen molar-refractivity contribution in [3.8, 4) is 0 Å². The van der Waals surface area contributed by atoms with Crippen molar-refractivity contribution in [2.75, 3.05) is 6.54 Å². The summed E-state index contributed by atoms with van der Waals surface area (Å²) in [6.07, 6.45) is 3.89. The second-order valence-electron chi connectivity index (χ2n) is 6.20. The van der Waals surface area contributed by atoms with Crippen molar-refractivity contribution in [3.63, 3.8) is 0 Å². The van der Waals surface area contributed by atoms with Crippen LogP contribution in [-0.4, -0.2) is 22.4 Å². The van der Waals surface area contributed by atoms with Gasteiger partial charge in [-0.3, -0.25) is 9.78 Å². The number of pyridine rings is 1. The topological polar surface area (TPSA) is 54.9 Å². The molecule has 2 aromatic carbocycles. The Morgan fingerprint density at radius 1 is 1.04 bits per heavy atom. The molecule has 0 spiro atoms. The van der Waals surface area contributed by atoms with E-state index in [0.29, 0.717) is 13.0 Å². The lowest BCUT2D eigenvalue weighted by atomic mass is 10.1. The maximum atomic E-state index is 12.3. The summed E-state index contributed by atoms with van der Waals surface area (Å²) in [7, 11) is 0. The minimum Gasteiger partial charge on any atom is -0.356 e. The van der Waals surface area contributed by atoms with Crippen LogP contribution in [0, 0.1) is 0 Å². The normalized spacial score (nSPS) is 11.1. The summed E-state index contributed by atoms with van der Waals surface area (Å²) in [6.45, 7) is 0.660. The molecule has 1 N–H and O–H groups in total. The number of carbonyl (C=O) groups is 1. The Morgan fingerprint density at radius 3 is 2.85 bits per heavy atom. The molecule has 0 unspecified atom stereocenters. The third-order valence-corrected chi connectivity index (χ3v) is 5.39. The average Bonchev–Trinajstić information content (AvgIpc) is 3.08. The third kappa shape index (κ3) is 3.73. The van der Waals surface area contributed by atoms with Gasteiger partial charge < -0.3 is 5.32 Å². The van der Waals surface area contributed by atoms with Crippen molar-refractivity contribution in [1.29, 1.82) is 0 Å². The predicted molar refractivity (Wildman–Crippen MR) is 106 cm³/mol. The van der Waals surface area contributed by atoms with Gasteiger partial charge in [0.15, 0.2) is 0 Å². The van der Waals surface area contributed by atoms with Crippen molar-refractivity contribution >= 4 is 38.4 Å².